The number of ether oxygens (including phenoxy) is 2. The highest BCUT2D eigenvalue weighted by molar-refractivity contribution is 7.16. The van der Waals surface area contributed by atoms with Crippen LogP contribution < -0.4 is 14.4 Å². The van der Waals surface area contributed by atoms with Crippen molar-refractivity contribution in [3.63, 3.8) is 0 Å². The molecule has 1 fully saturated rings. The number of ketones is 1. The fraction of sp³-hybridized carbons (Fsp3) is 0.208. The Hall–Kier alpha value is -3.65. The van der Waals surface area contributed by atoms with E-state index in [0.717, 1.165) is 10.6 Å². The molecule has 1 unspecified atom stereocenters. The van der Waals surface area contributed by atoms with Crippen molar-refractivity contribution in [2.24, 2.45) is 0 Å². The normalized spacial score (nSPS) is 17.6. The molecule has 0 bridgehead atoms. The topological polar surface area (TPSA) is 89.0 Å². The molecule has 164 valence electrons. The fourth-order valence-corrected chi connectivity index (χ4v) is 4.62. The van der Waals surface area contributed by atoms with Gasteiger partial charge in [0.05, 0.1) is 25.5 Å². The maximum atomic E-state index is 13.2. The van der Waals surface area contributed by atoms with E-state index >= 15 is 0 Å². The zero-order chi connectivity index (χ0) is 23.0. The lowest BCUT2D eigenvalue weighted by Crippen LogP contribution is -2.29. The Bertz CT molecular complexity index is 1210. The molecule has 4 rings (SSSR count). The highest BCUT2D eigenvalue weighted by atomic mass is 32.1. The van der Waals surface area contributed by atoms with Gasteiger partial charge in [-0.05, 0) is 32.0 Å². The van der Waals surface area contributed by atoms with Crippen LogP contribution in [0.5, 0.6) is 11.5 Å². The van der Waals surface area contributed by atoms with Crippen molar-refractivity contribution in [3.05, 3.63) is 75.8 Å². The smallest absolute Gasteiger partial charge is 0.301 e. The molecule has 7 nitrogen and oxygen atoms in total. The van der Waals surface area contributed by atoms with Gasteiger partial charge >= 0.3 is 5.91 Å². The SMILES string of the molecule is COc1ccc(OC)c(C2C(=C(O)c3ccccc3)C(=O)C(=O)N2c2nc(C)c(C)s2)c1. The minimum atomic E-state index is -0.940. The van der Waals surface area contributed by atoms with Gasteiger partial charge < -0.3 is 14.6 Å². The van der Waals surface area contributed by atoms with Gasteiger partial charge in [0.2, 0.25) is 0 Å². The van der Waals surface area contributed by atoms with Gasteiger partial charge in [0.1, 0.15) is 23.3 Å². The second kappa shape index (κ2) is 8.47. The summed E-state index contributed by atoms with van der Waals surface area (Å²) in [6.45, 7) is 3.75. The predicted molar refractivity (Wildman–Crippen MR) is 122 cm³/mol. The van der Waals surface area contributed by atoms with E-state index in [1.807, 2.05) is 13.8 Å². The van der Waals surface area contributed by atoms with Crippen LogP contribution in [-0.4, -0.2) is 36.0 Å². The first kappa shape index (κ1) is 21.6. The van der Waals surface area contributed by atoms with Crippen LogP contribution >= 0.6 is 11.3 Å². The lowest BCUT2D eigenvalue weighted by Gasteiger charge is -2.25. The first-order valence-corrected chi connectivity index (χ1v) is 10.7. The zero-order valence-electron chi connectivity index (χ0n) is 18.1. The van der Waals surface area contributed by atoms with Crippen LogP contribution in [0.15, 0.2) is 54.1 Å². The molecule has 1 aliphatic rings. The van der Waals surface area contributed by atoms with E-state index in [1.165, 1.54) is 30.5 Å². The average molecular weight is 451 g/mol. The summed E-state index contributed by atoms with van der Waals surface area (Å²) in [6, 6.07) is 12.9. The van der Waals surface area contributed by atoms with Gasteiger partial charge in [-0.2, -0.15) is 0 Å². The Morgan fingerprint density at radius 3 is 2.38 bits per heavy atom. The molecule has 32 heavy (non-hydrogen) atoms. The number of nitrogens with zero attached hydrogens (tertiary/aromatic N) is 2. The summed E-state index contributed by atoms with van der Waals surface area (Å²) in [5, 5.41) is 11.5. The molecule has 0 spiro atoms. The molecule has 1 aromatic heterocycles. The van der Waals surface area contributed by atoms with Gasteiger partial charge in [-0.3, -0.25) is 14.5 Å². The van der Waals surface area contributed by atoms with Gasteiger partial charge in [-0.15, -0.1) is 11.3 Å². The largest absolute Gasteiger partial charge is 0.507 e. The van der Waals surface area contributed by atoms with Gasteiger partial charge in [0.25, 0.3) is 5.78 Å². The molecule has 1 atom stereocenters. The van der Waals surface area contributed by atoms with Gasteiger partial charge in [-0.25, -0.2) is 4.98 Å². The third-order valence-electron chi connectivity index (χ3n) is 5.45. The number of carbonyl (C=O) groups is 2. The molecule has 2 aromatic carbocycles. The summed E-state index contributed by atoms with van der Waals surface area (Å²) in [6.07, 6.45) is 0. The number of anilines is 1. The number of hydrogen-bond acceptors (Lipinski definition) is 7. The van der Waals surface area contributed by atoms with Crippen LogP contribution in [-0.2, 0) is 9.59 Å². The predicted octanol–water partition coefficient (Wildman–Crippen LogP) is 4.40. The van der Waals surface area contributed by atoms with Crippen LogP contribution in [0.2, 0.25) is 0 Å². The third-order valence-corrected chi connectivity index (χ3v) is 6.52. The first-order valence-electron chi connectivity index (χ1n) is 9.89. The molecule has 1 amide bonds. The van der Waals surface area contributed by atoms with Gasteiger partial charge in [-0.1, -0.05) is 30.3 Å². The van der Waals surface area contributed by atoms with E-state index in [-0.39, 0.29) is 11.3 Å². The number of amides is 1. The maximum Gasteiger partial charge on any atom is 0.301 e. The Morgan fingerprint density at radius 2 is 1.78 bits per heavy atom. The van der Waals surface area contributed by atoms with Crippen molar-refractivity contribution in [1.29, 1.82) is 0 Å². The number of benzene rings is 2. The molecule has 3 aromatic rings. The number of rotatable bonds is 5. The van der Waals surface area contributed by atoms with Crippen molar-refractivity contribution in [2.75, 3.05) is 19.1 Å². The van der Waals surface area contributed by atoms with Crippen LogP contribution in [0.1, 0.15) is 27.7 Å². The van der Waals surface area contributed by atoms with Crippen molar-refractivity contribution in [1.82, 2.24) is 4.98 Å². The molecule has 1 saturated heterocycles. The Kier molecular flexibility index (Phi) is 5.71. The van der Waals surface area contributed by atoms with E-state index < -0.39 is 17.7 Å². The molecular weight excluding hydrogens is 428 g/mol. The molecular formula is C24H22N2O5S. The minimum absolute atomic E-state index is 0.0294. The monoisotopic (exact) mass is 450 g/mol. The minimum Gasteiger partial charge on any atom is -0.507 e. The lowest BCUT2D eigenvalue weighted by atomic mass is 9.94. The van der Waals surface area contributed by atoms with E-state index in [9.17, 15) is 14.7 Å². The zero-order valence-corrected chi connectivity index (χ0v) is 18.9. The standard InChI is InChI=1S/C24H22N2O5S/c1-13-14(2)32-24(25-13)26-20(17-12-16(30-3)10-11-18(17)31-4)19(22(28)23(26)29)21(27)15-8-6-5-7-9-15/h5-12,20,27H,1-4H3. The van der Waals surface area contributed by atoms with Crippen molar-refractivity contribution < 1.29 is 24.2 Å². The number of aliphatic hydroxyl groups is 1. The summed E-state index contributed by atoms with van der Waals surface area (Å²) in [7, 11) is 3.03. The number of hydrogen-bond donors (Lipinski definition) is 1. The molecule has 8 heteroatoms. The fourth-order valence-electron chi connectivity index (χ4n) is 3.69. The molecule has 1 aliphatic heterocycles. The number of thiazole rings is 1. The number of aliphatic hydroxyl groups excluding tert-OH is 1. The Labute approximate surface area is 189 Å². The second-order valence-electron chi connectivity index (χ2n) is 7.28. The van der Waals surface area contributed by atoms with E-state index in [4.69, 9.17) is 9.47 Å². The summed E-state index contributed by atoms with van der Waals surface area (Å²) in [4.78, 5) is 33.2. The van der Waals surface area contributed by atoms with Crippen LogP contribution in [0, 0.1) is 13.8 Å². The highest BCUT2D eigenvalue weighted by Crippen LogP contribution is 2.46. The number of Topliss-reactive ketones (excluding diaryl/α,β-unsaturated/α-hetero) is 1. The molecule has 1 N–H and O–H groups in total. The van der Waals surface area contributed by atoms with E-state index in [2.05, 4.69) is 4.98 Å². The summed E-state index contributed by atoms with van der Waals surface area (Å²) in [5.74, 6) is -0.826. The number of methoxy groups -OCH3 is 2. The number of carbonyl (C=O) groups excluding carboxylic acids is 2. The summed E-state index contributed by atoms with van der Waals surface area (Å²) < 4.78 is 10.9. The molecule has 0 saturated carbocycles. The number of aryl methyl sites for hydroxylation is 2. The molecule has 0 aliphatic carbocycles. The quantitative estimate of drug-likeness (QED) is 0.352. The summed E-state index contributed by atoms with van der Waals surface area (Å²) >= 11 is 1.31. The molecule has 2 heterocycles. The van der Waals surface area contributed by atoms with Crippen LogP contribution in [0.3, 0.4) is 0 Å². The van der Waals surface area contributed by atoms with Crippen LogP contribution in [0.25, 0.3) is 5.76 Å². The lowest BCUT2D eigenvalue weighted by molar-refractivity contribution is -0.132. The first-order chi connectivity index (χ1) is 15.4. The average Bonchev–Trinajstić information content (AvgIpc) is 3.28. The second-order valence-corrected chi connectivity index (χ2v) is 8.46. The van der Waals surface area contributed by atoms with E-state index in [0.29, 0.717) is 27.8 Å². The Balaban J connectivity index is 2.02. The summed E-state index contributed by atoms with van der Waals surface area (Å²) in [5.41, 5.74) is 1.68. The van der Waals surface area contributed by atoms with Crippen molar-refractivity contribution in [3.8, 4) is 11.5 Å². The Morgan fingerprint density at radius 1 is 1.06 bits per heavy atom. The number of aromatic nitrogens is 1. The maximum absolute atomic E-state index is 13.2. The molecule has 0 radical (unpaired) electrons. The van der Waals surface area contributed by atoms with E-state index in [1.54, 1.807) is 48.5 Å². The van der Waals surface area contributed by atoms with Crippen molar-refractivity contribution in [2.45, 2.75) is 19.9 Å². The van der Waals surface area contributed by atoms with Gasteiger partial charge in [0, 0.05) is 16.0 Å². The van der Waals surface area contributed by atoms with Gasteiger partial charge in [0.15, 0.2) is 5.13 Å². The third kappa shape index (κ3) is 3.52. The highest BCUT2D eigenvalue weighted by Gasteiger charge is 2.49. The van der Waals surface area contributed by atoms with Crippen molar-refractivity contribution >= 4 is 33.9 Å². The van der Waals surface area contributed by atoms with Crippen LogP contribution in [0.4, 0.5) is 5.13 Å².